The highest BCUT2D eigenvalue weighted by molar-refractivity contribution is 5.77. The molecule has 0 spiro atoms. The summed E-state index contributed by atoms with van der Waals surface area (Å²) in [5.74, 6) is 0.229. The second-order valence-electron chi connectivity index (χ2n) is 6.91. The van der Waals surface area contributed by atoms with Crippen molar-refractivity contribution in [1.82, 2.24) is 25.0 Å². The number of aromatic nitrogens is 3. The third kappa shape index (κ3) is 3.58. The molecule has 2 aromatic rings. The number of likely N-dealkylation sites (tertiary alicyclic amines) is 1. The van der Waals surface area contributed by atoms with Gasteiger partial charge in [-0.2, -0.15) is 5.10 Å². The van der Waals surface area contributed by atoms with E-state index < -0.39 is 0 Å². The first-order valence-electron chi connectivity index (χ1n) is 9.27. The number of fused-ring (bicyclic) bond motifs is 1. The summed E-state index contributed by atoms with van der Waals surface area (Å²) in [6, 6.07) is 6.35. The molecular formula is C19H25N5O. The molecule has 0 radical (unpaired) electrons. The van der Waals surface area contributed by atoms with E-state index >= 15 is 0 Å². The van der Waals surface area contributed by atoms with Crippen LogP contribution in [0.5, 0.6) is 0 Å². The van der Waals surface area contributed by atoms with Crippen LogP contribution in [0.2, 0.25) is 0 Å². The maximum atomic E-state index is 12.8. The Kier molecular flexibility index (Phi) is 4.78. The van der Waals surface area contributed by atoms with E-state index in [1.165, 1.54) is 5.69 Å². The van der Waals surface area contributed by atoms with Crippen LogP contribution in [0.15, 0.2) is 30.6 Å². The lowest BCUT2D eigenvalue weighted by Gasteiger charge is -2.24. The van der Waals surface area contributed by atoms with E-state index in [9.17, 15) is 4.79 Å². The smallest absolute Gasteiger partial charge is 0.223 e. The van der Waals surface area contributed by atoms with Gasteiger partial charge in [-0.05, 0) is 43.5 Å². The van der Waals surface area contributed by atoms with Crippen molar-refractivity contribution in [2.75, 3.05) is 13.1 Å². The Morgan fingerprint density at radius 3 is 3.16 bits per heavy atom. The Labute approximate surface area is 148 Å². The molecule has 2 aliphatic heterocycles. The van der Waals surface area contributed by atoms with Crippen molar-refractivity contribution in [1.29, 1.82) is 0 Å². The van der Waals surface area contributed by atoms with Crippen LogP contribution in [0.25, 0.3) is 0 Å². The molecule has 6 heteroatoms. The van der Waals surface area contributed by atoms with Gasteiger partial charge in [-0.25, -0.2) is 0 Å². The molecule has 0 bridgehead atoms. The van der Waals surface area contributed by atoms with Gasteiger partial charge in [-0.1, -0.05) is 6.07 Å². The predicted octanol–water partition coefficient (Wildman–Crippen LogP) is 2.07. The van der Waals surface area contributed by atoms with Crippen molar-refractivity contribution in [3.05, 3.63) is 47.5 Å². The number of nitrogens with zero attached hydrogens (tertiary/aromatic N) is 4. The maximum Gasteiger partial charge on any atom is 0.223 e. The molecule has 4 rings (SSSR count). The molecule has 1 fully saturated rings. The summed E-state index contributed by atoms with van der Waals surface area (Å²) >= 11 is 0. The molecule has 0 aliphatic carbocycles. The molecule has 1 saturated heterocycles. The standard InChI is InChI=1S/C19H25N5O/c25-19(23-10-2-5-18(23)15-4-1-8-20-13-15)7-6-16-12-17-14-21-9-3-11-24(17)22-16/h1,4,8,12-13,18,21H,2-3,5-7,9-11,14H2/t18-/m1/s1. The van der Waals surface area contributed by atoms with Gasteiger partial charge in [0.05, 0.1) is 17.4 Å². The molecule has 6 nitrogen and oxygen atoms in total. The van der Waals surface area contributed by atoms with Crippen molar-refractivity contribution in [3.63, 3.8) is 0 Å². The number of hydrogen-bond acceptors (Lipinski definition) is 4. The molecule has 1 N–H and O–H groups in total. The molecule has 2 aromatic heterocycles. The molecule has 1 atom stereocenters. The lowest BCUT2D eigenvalue weighted by Crippen LogP contribution is -2.30. The topological polar surface area (TPSA) is 63.1 Å². The van der Waals surface area contributed by atoms with Gasteiger partial charge >= 0.3 is 0 Å². The first kappa shape index (κ1) is 16.3. The van der Waals surface area contributed by atoms with E-state index in [2.05, 4.69) is 32.2 Å². The third-order valence-corrected chi connectivity index (χ3v) is 5.18. The number of amides is 1. The zero-order valence-corrected chi connectivity index (χ0v) is 14.5. The minimum absolute atomic E-state index is 0.184. The highest BCUT2D eigenvalue weighted by Gasteiger charge is 2.29. The summed E-state index contributed by atoms with van der Waals surface area (Å²) in [5.41, 5.74) is 3.41. The fourth-order valence-electron chi connectivity index (χ4n) is 3.91. The quantitative estimate of drug-likeness (QED) is 0.926. The highest BCUT2D eigenvalue weighted by atomic mass is 16.2. The Morgan fingerprint density at radius 1 is 1.32 bits per heavy atom. The average Bonchev–Trinajstić information content (AvgIpc) is 3.23. The number of carbonyl (C=O) groups excluding carboxylic acids is 1. The number of hydrogen-bond donors (Lipinski definition) is 1. The van der Waals surface area contributed by atoms with E-state index in [1.807, 2.05) is 17.2 Å². The second-order valence-corrected chi connectivity index (χ2v) is 6.91. The molecular weight excluding hydrogens is 314 g/mol. The van der Waals surface area contributed by atoms with Gasteiger partial charge in [0.1, 0.15) is 0 Å². The molecule has 0 saturated carbocycles. The average molecular weight is 339 g/mol. The van der Waals surface area contributed by atoms with Crippen LogP contribution < -0.4 is 5.32 Å². The zero-order chi connectivity index (χ0) is 17.1. The van der Waals surface area contributed by atoms with E-state index in [1.54, 1.807) is 6.20 Å². The van der Waals surface area contributed by atoms with E-state index in [0.717, 1.165) is 63.1 Å². The summed E-state index contributed by atoms with van der Waals surface area (Å²) in [7, 11) is 0. The largest absolute Gasteiger partial charge is 0.336 e. The number of nitrogens with one attached hydrogen (secondary N) is 1. The van der Waals surface area contributed by atoms with Gasteiger partial charge < -0.3 is 10.2 Å². The minimum atomic E-state index is 0.184. The maximum absolute atomic E-state index is 12.8. The van der Waals surface area contributed by atoms with Crippen molar-refractivity contribution < 1.29 is 4.79 Å². The Bertz CT molecular complexity index is 703. The SMILES string of the molecule is O=C(CCc1cc2n(n1)CCCNC2)N1CCC[C@@H]1c1cccnc1. The molecule has 2 aliphatic rings. The van der Waals surface area contributed by atoms with Gasteiger partial charge in [-0.3, -0.25) is 14.5 Å². The molecule has 132 valence electrons. The lowest BCUT2D eigenvalue weighted by atomic mass is 10.1. The number of aryl methyl sites for hydroxylation is 2. The van der Waals surface area contributed by atoms with E-state index in [4.69, 9.17) is 0 Å². The molecule has 0 aromatic carbocycles. The van der Waals surface area contributed by atoms with Gasteiger partial charge in [0.15, 0.2) is 0 Å². The van der Waals surface area contributed by atoms with E-state index in [-0.39, 0.29) is 11.9 Å². The Hall–Kier alpha value is -2.21. The summed E-state index contributed by atoms with van der Waals surface area (Å²) in [4.78, 5) is 19.0. The van der Waals surface area contributed by atoms with Crippen LogP contribution in [0.4, 0.5) is 0 Å². The normalized spacial score (nSPS) is 20.3. The van der Waals surface area contributed by atoms with Gasteiger partial charge in [0, 0.05) is 44.9 Å². The molecule has 0 unspecified atom stereocenters. The first-order valence-corrected chi connectivity index (χ1v) is 9.27. The van der Waals surface area contributed by atoms with Gasteiger partial charge in [0.2, 0.25) is 5.91 Å². The van der Waals surface area contributed by atoms with Crippen LogP contribution in [0.1, 0.15) is 48.7 Å². The number of pyridine rings is 1. The van der Waals surface area contributed by atoms with Crippen LogP contribution in [0.3, 0.4) is 0 Å². The summed E-state index contributed by atoms with van der Waals surface area (Å²) in [5, 5.41) is 8.09. The van der Waals surface area contributed by atoms with Crippen molar-refractivity contribution in [2.45, 2.75) is 51.2 Å². The minimum Gasteiger partial charge on any atom is -0.336 e. The molecule has 4 heterocycles. The second kappa shape index (κ2) is 7.35. The van der Waals surface area contributed by atoms with Gasteiger partial charge in [-0.15, -0.1) is 0 Å². The Morgan fingerprint density at radius 2 is 2.28 bits per heavy atom. The first-order chi connectivity index (χ1) is 12.3. The fraction of sp³-hybridized carbons (Fsp3) is 0.526. The van der Waals surface area contributed by atoms with Crippen molar-refractivity contribution >= 4 is 5.91 Å². The number of rotatable bonds is 4. The highest BCUT2D eigenvalue weighted by Crippen LogP contribution is 2.32. The summed E-state index contributed by atoms with van der Waals surface area (Å²) in [6.45, 7) is 3.73. The van der Waals surface area contributed by atoms with Crippen LogP contribution in [-0.2, 0) is 24.3 Å². The zero-order valence-electron chi connectivity index (χ0n) is 14.5. The summed E-state index contributed by atoms with van der Waals surface area (Å²) in [6.07, 6.45) is 8.11. The number of carbonyl (C=O) groups is 1. The van der Waals surface area contributed by atoms with E-state index in [0.29, 0.717) is 6.42 Å². The molecule has 1 amide bonds. The summed E-state index contributed by atoms with van der Waals surface area (Å²) < 4.78 is 2.09. The Balaban J connectivity index is 1.39. The van der Waals surface area contributed by atoms with Crippen LogP contribution >= 0.6 is 0 Å². The lowest BCUT2D eigenvalue weighted by molar-refractivity contribution is -0.132. The molecule has 25 heavy (non-hydrogen) atoms. The van der Waals surface area contributed by atoms with Gasteiger partial charge in [0.25, 0.3) is 0 Å². The van der Waals surface area contributed by atoms with Crippen molar-refractivity contribution in [2.24, 2.45) is 0 Å². The predicted molar refractivity (Wildman–Crippen MR) is 94.8 cm³/mol. The van der Waals surface area contributed by atoms with Crippen LogP contribution in [0, 0.1) is 0 Å². The fourth-order valence-corrected chi connectivity index (χ4v) is 3.91. The van der Waals surface area contributed by atoms with Crippen LogP contribution in [-0.4, -0.2) is 38.7 Å². The van der Waals surface area contributed by atoms with Crippen molar-refractivity contribution in [3.8, 4) is 0 Å². The third-order valence-electron chi connectivity index (χ3n) is 5.18. The monoisotopic (exact) mass is 339 g/mol.